The van der Waals surface area contributed by atoms with E-state index in [0.29, 0.717) is 15.5 Å². The Hall–Kier alpha value is -1.20. The fourth-order valence-electron chi connectivity index (χ4n) is 1.66. The highest BCUT2D eigenvalue weighted by atomic mass is 28.2. The van der Waals surface area contributed by atoms with Gasteiger partial charge in [0.25, 0.3) is 0 Å². The van der Waals surface area contributed by atoms with Crippen LogP contribution in [0.2, 0.25) is 5.04 Å². The summed E-state index contributed by atoms with van der Waals surface area (Å²) in [7, 11) is 0.325. The highest BCUT2D eigenvalue weighted by Gasteiger charge is 2.30. The number of rotatable bonds is 5. The van der Waals surface area contributed by atoms with Crippen LogP contribution in [0.15, 0.2) is 18.3 Å². The maximum atomic E-state index is 12.2. The van der Waals surface area contributed by atoms with Crippen LogP contribution in [0.4, 0.5) is 0 Å². The van der Waals surface area contributed by atoms with Crippen LogP contribution in [-0.2, 0) is 14.8 Å². The molecule has 1 aromatic rings. The van der Waals surface area contributed by atoms with Crippen LogP contribution in [-0.4, -0.2) is 26.8 Å². The molecule has 0 fully saturated rings. The number of aromatic nitrogens is 1. The van der Waals surface area contributed by atoms with Gasteiger partial charge in [0.2, 0.25) is 9.76 Å². The molecule has 4 nitrogen and oxygen atoms in total. The van der Waals surface area contributed by atoms with Gasteiger partial charge in [-0.25, -0.2) is 9.78 Å². The Kier molecular flexibility index (Phi) is 5.70. The second-order valence-electron chi connectivity index (χ2n) is 6.82. The van der Waals surface area contributed by atoms with E-state index in [0.717, 1.165) is 5.56 Å². The lowest BCUT2D eigenvalue weighted by atomic mass is 9.97. The molecule has 0 aromatic carbocycles. The first-order valence-corrected chi connectivity index (χ1v) is 8.05. The van der Waals surface area contributed by atoms with Crippen molar-refractivity contribution in [3.63, 3.8) is 0 Å². The third-order valence-electron chi connectivity index (χ3n) is 2.60. The maximum absolute atomic E-state index is 12.2. The summed E-state index contributed by atoms with van der Waals surface area (Å²) in [6, 6.07) is 3.68. The van der Waals surface area contributed by atoms with Crippen LogP contribution < -0.4 is 0 Å². The molecular formula is C16H25NO3Si. The van der Waals surface area contributed by atoms with E-state index in [9.17, 15) is 4.79 Å². The van der Waals surface area contributed by atoms with Gasteiger partial charge >= 0.3 is 5.97 Å². The first-order valence-electron chi connectivity index (χ1n) is 7.14. The van der Waals surface area contributed by atoms with E-state index >= 15 is 0 Å². The fraction of sp³-hybridized carbons (Fsp3) is 0.625. The lowest BCUT2D eigenvalue weighted by Crippen LogP contribution is -2.30. The Morgan fingerprint density at radius 3 is 2.38 bits per heavy atom. The average Bonchev–Trinajstić information content (AvgIpc) is 2.35. The van der Waals surface area contributed by atoms with Gasteiger partial charge in [0, 0.05) is 11.8 Å². The Bertz CT molecular complexity index is 493. The molecule has 0 atom stereocenters. The zero-order valence-electron chi connectivity index (χ0n) is 14.0. The molecule has 1 heterocycles. The van der Waals surface area contributed by atoms with Crippen LogP contribution in [0.3, 0.4) is 0 Å². The number of pyridine rings is 1. The van der Waals surface area contributed by atoms with Crippen LogP contribution >= 0.6 is 0 Å². The number of hydrogen-bond donors (Lipinski definition) is 0. The van der Waals surface area contributed by atoms with Gasteiger partial charge in [0.05, 0.1) is 11.7 Å². The van der Waals surface area contributed by atoms with Crippen molar-refractivity contribution in [1.82, 2.24) is 4.98 Å². The van der Waals surface area contributed by atoms with Gasteiger partial charge in [-0.3, -0.25) is 0 Å². The summed E-state index contributed by atoms with van der Waals surface area (Å²) in [5.41, 5.74) is 0.494. The second-order valence-corrected chi connectivity index (χ2v) is 8.73. The summed E-state index contributed by atoms with van der Waals surface area (Å²) in [6.07, 6.45) is 1.43. The van der Waals surface area contributed by atoms with Gasteiger partial charge in [-0.15, -0.1) is 0 Å². The van der Waals surface area contributed by atoms with Crippen molar-refractivity contribution in [3.8, 4) is 0 Å². The van der Waals surface area contributed by atoms with E-state index in [2.05, 4.69) is 25.8 Å². The Morgan fingerprint density at radius 1 is 1.24 bits per heavy atom. The molecule has 1 rings (SSSR count). The fourth-order valence-corrected chi connectivity index (χ4v) is 2.33. The molecule has 0 saturated carbocycles. The molecule has 0 aliphatic heterocycles. The zero-order chi connectivity index (χ0) is 16.3. The molecule has 5 heteroatoms. The quantitative estimate of drug-likeness (QED) is 0.614. The van der Waals surface area contributed by atoms with Gasteiger partial charge < -0.3 is 9.16 Å². The summed E-state index contributed by atoms with van der Waals surface area (Å²) in [4.78, 5) is 16.4. The molecule has 2 radical (unpaired) electrons. The summed E-state index contributed by atoms with van der Waals surface area (Å²) in [6.45, 7) is 13.9. The molecule has 0 N–H and O–H groups in total. The monoisotopic (exact) mass is 307 g/mol. The third-order valence-corrected chi connectivity index (χ3v) is 3.83. The normalized spacial score (nSPS) is 12.6. The van der Waals surface area contributed by atoms with Gasteiger partial charge in [-0.05, 0) is 38.8 Å². The molecule has 0 saturated heterocycles. The average molecular weight is 307 g/mol. The minimum absolute atomic E-state index is 0.0814. The van der Waals surface area contributed by atoms with Crippen LogP contribution in [0.25, 0.3) is 0 Å². The van der Waals surface area contributed by atoms with E-state index in [-0.39, 0.29) is 11.1 Å². The third kappa shape index (κ3) is 5.59. The minimum atomic E-state index is -0.592. The van der Waals surface area contributed by atoms with Gasteiger partial charge in [0.1, 0.15) is 0 Å². The second kappa shape index (κ2) is 6.71. The first-order chi connectivity index (χ1) is 9.53. The van der Waals surface area contributed by atoms with E-state index in [4.69, 9.17) is 9.16 Å². The highest BCUT2D eigenvalue weighted by Crippen LogP contribution is 2.31. The van der Waals surface area contributed by atoms with E-state index < -0.39 is 11.6 Å². The van der Waals surface area contributed by atoms with Gasteiger partial charge in [0.15, 0.2) is 5.69 Å². The summed E-state index contributed by atoms with van der Waals surface area (Å²) >= 11 is 0. The molecule has 0 bridgehead atoms. The number of hydrogen-bond acceptors (Lipinski definition) is 4. The topological polar surface area (TPSA) is 48.4 Å². The number of nitrogens with zero attached hydrogens (tertiary/aromatic N) is 1. The smallest absolute Gasteiger partial charge is 0.357 e. The predicted molar refractivity (Wildman–Crippen MR) is 84.4 cm³/mol. The molecule has 0 aliphatic rings. The van der Waals surface area contributed by atoms with Crippen LogP contribution in [0.1, 0.15) is 64.5 Å². The van der Waals surface area contributed by atoms with Crippen molar-refractivity contribution in [2.45, 2.75) is 65.2 Å². The Balaban J connectivity index is 3.03. The van der Waals surface area contributed by atoms with Crippen molar-refractivity contribution >= 4 is 15.7 Å². The Morgan fingerprint density at radius 2 is 1.86 bits per heavy atom. The standard InChI is InChI=1S/C16H25NO3Si/c1-11(2)19-14(18)13-12(9-8-10-17-13)16(6,7)20-21-15(3,4)5/h8-11H,1-7H3. The predicted octanol–water partition coefficient (Wildman–Crippen LogP) is 3.74. The van der Waals surface area contributed by atoms with E-state index in [1.807, 2.05) is 39.8 Å². The van der Waals surface area contributed by atoms with Crippen LogP contribution in [0, 0.1) is 0 Å². The Labute approximate surface area is 130 Å². The lowest BCUT2D eigenvalue weighted by Gasteiger charge is -2.30. The van der Waals surface area contributed by atoms with Crippen molar-refractivity contribution < 1.29 is 14.0 Å². The molecule has 1 aromatic heterocycles. The summed E-state index contributed by atoms with van der Waals surface area (Å²) < 4.78 is 11.3. The van der Waals surface area contributed by atoms with E-state index in [1.165, 1.54) is 0 Å². The molecule has 21 heavy (non-hydrogen) atoms. The molecular weight excluding hydrogens is 282 g/mol. The lowest BCUT2D eigenvalue weighted by molar-refractivity contribution is 0.0354. The molecule has 116 valence electrons. The summed E-state index contributed by atoms with van der Waals surface area (Å²) in [5.74, 6) is -0.406. The molecule has 0 spiro atoms. The maximum Gasteiger partial charge on any atom is 0.357 e. The van der Waals surface area contributed by atoms with Crippen molar-refractivity contribution in [2.24, 2.45) is 0 Å². The molecule has 0 unspecified atom stereocenters. The minimum Gasteiger partial charge on any atom is -0.458 e. The first kappa shape index (κ1) is 17.8. The SMILES string of the molecule is CC(C)OC(=O)c1ncccc1C(C)(C)O[Si]C(C)(C)C. The van der Waals surface area contributed by atoms with E-state index in [1.54, 1.807) is 6.20 Å². The largest absolute Gasteiger partial charge is 0.458 e. The zero-order valence-corrected chi connectivity index (χ0v) is 15.0. The summed E-state index contributed by atoms with van der Waals surface area (Å²) in [5, 5.41) is 0.0814. The number of carbonyl (C=O) groups excluding carboxylic acids is 1. The van der Waals surface area contributed by atoms with Crippen molar-refractivity contribution in [2.75, 3.05) is 0 Å². The van der Waals surface area contributed by atoms with Crippen molar-refractivity contribution in [1.29, 1.82) is 0 Å². The van der Waals surface area contributed by atoms with Crippen molar-refractivity contribution in [3.05, 3.63) is 29.6 Å². The number of esters is 1. The van der Waals surface area contributed by atoms with Gasteiger partial charge in [-0.1, -0.05) is 26.8 Å². The molecule has 0 amide bonds. The number of carbonyl (C=O) groups is 1. The van der Waals surface area contributed by atoms with Gasteiger partial charge in [-0.2, -0.15) is 0 Å². The number of ether oxygens (including phenoxy) is 1. The highest BCUT2D eigenvalue weighted by molar-refractivity contribution is 6.31. The molecule has 0 aliphatic carbocycles. The van der Waals surface area contributed by atoms with Crippen LogP contribution in [0.5, 0.6) is 0 Å².